The van der Waals surface area contributed by atoms with Crippen molar-refractivity contribution in [3.8, 4) is 11.5 Å². The molecule has 3 aliphatic heterocycles. The van der Waals surface area contributed by atoms with Crippen LogP contribution < -0.4 is 25.0 Å². The molecular formula is C23H22N4O6. The van der Waals surface area contributed by atoms with Crippen molar-refractivity contribution >= 4 is 35.1 Å². The highest BCUT2D eigenvalue weighted by molar-refractivity contribution is 6.10. The lowest BCUT2D eigenvalue weighted by molar-refractivity contribution is -0.133. The van der Waals surface area contributed by atoms with E-state index in [2.05, 4.69) is 10.6 Å². The number of carbonyl (C=O) groups is 4. The van der Waals surface area contributed by atoms with Gasteiger partial charge in [0.25, 0.3) is 5.91 Å². The molecule has 2 fully saturated rings. The normalized spacial score (nSPS) is 21.5. The minimum Gasteiger partial charge on any atom is -0.454 e. The number of carbonyl (C=O) groups excluding carboxylic acids is 4. The number of nitrogens with zero attached hydrogens (tertiary/aromatic N) is 2. The van der Waals surface area contributed by atoms with E-state index in [1.54, 1.807) is 54.3 Å². The number of fused-ring (bicyclic) bond motifs is 1. The third-order valence-corrected chi connectivity index (χ3v) is 6.06. The molecule has 2 N–H and O–H groups in total. The molecule has 5 amide bonds. The lowest BCUT2D eigenvalue weighted by Gasteiger charge is -2.22. The molecule has 5 rings (SSSR count). The Bertz CT molecular complexity index is 1160. The summed E-state index contributed by atoms with van der Waals surface area (Å²) in [6, 6.07) is 11.2. The molecule has 10 nitrogen and oxygen atoms in total. The third-order valence-electron chi connectivity index (χ3n) is 6.06. The Morgan fingerprint density at radius 1 is 1.09 bits per heavy atom. The first kappa shape index (κ1) is 20.8. The average Bonchev–Trinajstić information content (AvgIpc) is 3.49. The zero-order valence-corrected chi connectivity index (χ0v) is 17.9. The van der Waals surface area contributed by atoms with E-state index in [1.807, 2.05) is 0 Å². The molecule has 2 aromatic rings. The second kappa shape index (κ2) is 7.80. The summed E-state index contributed by atoms with van der Waals surface area (Å²) in [7, 11) is 0. The fourth-order valence-corrected chi connectivity index (χ4v) is 4.23. The Balaban J connectivity index is 1.25. The Labute approximate surface area is 189 Å². The van der Waals surface area contributed by atoms with Crippen LogP contribution in [0.5, 0.6) is 11.5 Å². The van der Waals surface area contributed by atoms with Gasteiger partial charge in [-0.15, -0.1) is 0 Å². The van der Waals surface area contributed by atoms with Crippen LogP contribution in [0.2, 0.25) is 0 Å². The lowest BCUT2D eigenvalue weighted by atomic mass is 9.91. The van der Waals surface area contributed by atoms with E-state index in [0.717, 1.165) is 17.0 Å². The number of ether oxygens (including phenoxy) is 2. The summed E-state index contributed by atoms with van der Waals surface area (Å²) in [4.78, 5) is 52.7. The van der Waals surface area contributed by atoms with Crippen LogP contribution in [-0.2, 0) is 19.9 Å². The fourth-order valence-electron chi connectivity index (χ4n) is 4.23. The van der Waals surface area contributed by atoms with Crippen molar-refractivity contribution < 1.29 is 28.7 Å². The number of benzene rings is 2. The van der Waals surface area contributed by atoms with Crippen molar-refractivity contribution in [1.29, 1.82) is 0 Å². The predicted molar refractivity (Wildman–Crippen MR) is 117 cm³/mol. The van der Waals surface area contributed by atoms with Gasteiger partial charge in [-0.3, -0.25) is 19.3 Å². The number of rotatable bonds is 5. The zero-order chi connectivity index (χ0) is 23.2. The first-order valence-electron chi connectivity index (χ1n) is 10.6. The molecule has 0 aliphatic carbocycles. The number of imide groups is 1. The maximum absolute atomic E-state index is 13.1. The topological polar surface area (TPSA) is 117 Å². The van der Waals surface area contributed by atoms with E-state index in [9.17, 15) is 19.2 Å². The van der Waals surface area contributed by atoms with Gasteiger partial charge in [-0.25, -0.2) is 4.79 Å². The van der Waals surface area contributed by atoms with Crippen LogP contribution in [0.25, 0.3) is 0 Å². The largest absolute Gasteiger partial charge is 0.454 e. The van der Waals surface area contributed by atoms with Gasteiger partial charge in [0.1, 0.15) is 12.1 Å². The molecule has 2 aromatic carbocycles. The molecule has 2 saturated heterocycles. The van der Waals surface area contributed by atoms with Gasteiger partial charge in [0, 0.05) is 24.3 Å². The number of amides is 5. The maximum Gasteiger partial charge on any atom is 0.325 e. The molecule has 0 radical (unpaired) electrons. The smallest absolute Gasteiger partial charge is 0.325 e. The third kappa shape index (κ3) is 3.63. The highest BCUT2D eigenvalue weighted by Crippen LogP contribution is 2.37. The Hall–Kier alpha value is -4.08. The first-order chi connectivity index (χ1) is 15.8. The molecule has 0 aromatic heterocycles. The van der Waals surface area contributed by atoms with Crippen LogP contribution in [-0.4, -0.2) is 48.5 Å². The van der Waals surface area contributed by atoms with Gasteiger partial charge in [0.2, 0.25) is 18.6 Å². The molecule has 0 bridgehead atoms. The van der Waals surface area contributed by atoms with E-state index in [-0.39, 0.29) is 12.7 Å². The van der Waals surface area contributed by atoms with E-state index in [1.165, 1.54) is 0 Å². The molecule has 0 spiro atoms. The van der Waals surface area contributed by atoms with E-state index in [4.69, 9.17) is 9.47 Å². The monoisotopic (exact) mass is 450 g/mol. The standard InChI is InChI=1S/C23H22N4O6/c1-23(14-4-9-17-18(11-14)33-13-32-17)21(30)27(22(31)25-23)12-19(28)24-15-5-7-16(8-6-15)26-10-2-3-20(26)29/h4-9,11H,2-3,10,12-13H2,1H3,(H,24,28)(H,25,31). The highest BCUT2D eigenvalue weighted by Gasteiger charge is 2.49. The molecule has 170 valence electrons. The number of urea groups is 1. The maximum atomic E-state index is 13.1. The zero-order valence-electron chi connectivity index (χ0n) is 17.9. The fraction of sp³-hybridized carbons (Fsp3) is 0.304. The second-order valence-electron chi connectivity index (χ2n) is 8.26. The summed E-state index contributed by atoms with van der Waals surface area (Å²) in [5.74, 6) is 0.0835. The molecule has 3 heterocycles. The molecular weight excluding hydrogens is 428 g/mol. The van der Waals surface area contributed by atoms with Crippen molar-refractivity contribution in [3.05, 3.63) is 48.0 Å². The van der Waals surface area contributed by atoms with Crippen LogP contribution in [0.4, 0.5) is 16.2 Å². The summed E-state index contributed by atoms with van der Waals surface area (Å²) in [5, 5.41) is 5.36. The van der Waals surface area contributed by atoms with Crippen LogP contribution >= 0.6 is 0 Å². The van der Waals surface area contributed by atoms with Crippen molar-refractivity contribution in [2.75, 3.05) is 30.1 Å². The molecule has 33 heavy (non-hydrogen) atoms. The quantitative estimate of drug-likeness (QED) is 0.673. The van der Waals surface area contributed by atoms with Crippen LogP contribution in [0.3, 0.4) is 0 Å². The van der Waals surface area contributed by atoms with Crippen molar-refractivity contribution in [2.24, 2.45) is 0 Å². The predicted octanol–water partition coefficient (Wildman–Crippen LogP) is 1.95. The Kier molecular flexibility index (Phi) is 4.92. The van der Waals surface area contributed by atoms with E-state index < -0.39 is 29.9 Å². The van der Waals surface area contributed by atoms with Crippen LogP contribution in [0.1, 0.15) is 25.3 Å². The van der Waals surface area contributed by atoms with Gasteiger partial charge in [-0.1, -0.05) is 6.07 Å². The van der Waals surface area contributed by atoms with Gasteiger partial charge >= 0.3 is 6.03 Å². The summed E-state index contributed by atoms with van der Waals surface area (Å²) in [6.07, 6.45) is 1.37. The van der Waals surface area contributed by atoms with E-state index in [0.29, 0.717) is 35.7 Å². The number of nitrogens with one attached hydrogen (secondary N) is 2. The van der Waals surface area contributed by atoms with Gasteiger partial charge in [0.05, 0.1) is 0 Å². The summed E-state index contributed by atoms with van der Waals surface area (Å²) in [6.45, 7) is 1.93. The van der Waals surface area contributed by atoms with Crippen molar-refractivity contribution in [2.45, 2.75) is 25.3 Å². The summed E-state index contributed by atoms with van der Waals surface area (Å²) in [5.41, 5.74) is 0.465. The number of hydrogen-bond donors (Lipinski definition) is 2. The lowest BCUT2D eigenvalue weighted by Crippen LogP contribution is -2.42. The van der Waals surface area contributed by atoms with Gasteiger partial charge in [-0.05, 0) is 55.3 Å². The van der Waals surface area contributed by atoms with Crippen LogP contribution in [0, 0.1) is 0 Å². The first-order valence-corrected chi connectivity index (χ1v) is 10.6. The van der Waals surface area contributed by atoms with Crippen molar-refractivity contribution in [3.63, 3.8) is 0 Å². The summed E-state index contributed by atoms with van der Waals surface area (Å²) < 4.78 is 10.7. The molecule has 1 unspecified atom stereocenters. The molecule has 1 atom stereocenters. The van der Waals surface area contributed by atoms with Crippen molar-refractivity contribution in [1.82, 2.24) is 10.2 Å². The minimum absolute atomic E-state index is 0.0795. The molecule has 10 heteroatoms. The SMILES string of the molecule is CC1(c2ccc3c(c2)OCO3)NC(=O)N(CC(=O)Nc2ccc(N3CCCC3=O)cc2)C1=O. The summed E-state index contributed by atoms with van der Waals surface area (Å²) >= 11 is 0. The highest BCUT2D eigenvalue weighted by atomic mass is 16.7. The molecule has 3 aliphatic rings. The average molecular weight is 450 g/mol. The van der Waals surface area contributed by atoms with Crippen LogP contribution in [0.15, 0.2) is 42.5 Å². The Morgan fingerprint density at radius 3 is 2.58 bits per heavy atom. The molecule has 0 saturated carbocycles. The minimum atomic E-state index is -1.33. The number of anilines is 2. The number of hydrogen-bond acceptors (Lipinski definition) is 6. The Morgan fingerprint density at radius 2 is 1.85 bits per heavy atom. The van der Waals surface area contributed by atoms with Gasteiger partial charge in [0.15, 0.2) is 11.5 Å². The van der Waals surface area contributed by atoms with Gasteiger partial charge < -0.3 is 25.0 Å². The second-order valence-corrected chi connectivity index (χ2v) is 8.26. The van der Waals surface area contributed by atoms with Gasteiger partial charge in [-0.2, -0.15) is 0 Å². The van der Waals surface area contributed by atoms with E-state index >= 15 is 0 Å².